The first-order valence-electron chi connectivity index (χ1n) is 10.6. The fourth-order valence-corrected chi connectivity index (χ4v) is 4.16. The molecule has 31 heavy (non-hydrogen) atoms. The minimum Gasteiger partial charge on any atom is -0.377 e. The van der Waals surface area contributed by atoms with Gasteiger partial charge in [-0.05, 0) is 61.9 Å². The largest absolute Gasteiger partial charge is 0.377 e. The molecule has 7 heteroatoms. The number of rotatable bonds is 6. The van der Waals surface area contributed by atoms with Gasteiger partial charge < -0.3 is 15.4 Å². The van der Waals surface area contributed by atoms with Gasteiger partial charge in [0.2, 0.25) is 5.95 Å². The summed E-state index contributed by atoms with van der Waals surface area (Å²) in [5.74, 6) is 1.47. The number of nitrogens with zero attached hydrogens (tertiary/aromatic N) is 2. The molecule has 1 aliphatic heterocycles. The van der Waals surface area contributed by atoms with E-state index in [-0.39, 0.29) is 5.02 Å². The van der Waals surface area contributed by atoms with Gasteiger partial charge in [0.05, 0.1) is 23.8 Å². The van der Waals surface area contributed by atoms with Crippen LogP contribution in [0.1, 0.15) is 31.7 Å². The van der Waals surface area contributed by atoms with E-state index < -0.39 is 5.82 Å². The molecule has 3 aromatic rings. The molecule has 1 aromatic heterocycles. The summed E-state index contributed by atoms with van der Waals surface area (Å²) < 4.78 is 19.1. The lowest BCUT2D eigenvalue weighted by molar-refractivity contribution is 0.161. The maximum absolute atomic E-state index is 13.6. The van der Waals surface area contributed by atoms with Crippen molar-refractivity contribution in [2.24, 2.45) is 5.92 Å². The highest BCUT2D eigenvalue weighted by atomic mass is 35.5. The van der Waals surface area contributed by atoms with Gasteiger partial charge in [0.25, 0.3) is 0 Å². The van der Waals surface area contributed by atoms with Gasteiger partial charge in [0, 0.05) is 22.7 Å². The highest BCUT2D eigenvalue weighted by Crippen LogP contribution is 2.36. The average Bonchev–Trinajstić information content (AvgIpc) is 3.62. The molecule has 1 aliphatic carbocycles. The summed E-state index contributed by atoms with van der Waals surface area (Å²) >= 11 is 5.96. The van der Waals surface area contributed by atoms with Crippen molar-refractivity contribution >= 4 is 45.5 Å². The number of hydrogen-bond donors (Lipinski definition) is 2. The second-order valence-electron chi connectivity index (χ2n) is 8.18. The van der Waals surface area contributed by atoms with Crippen LogP contribution < -0.4 is 10.6 Å². The normalized spacial score (nSPS) is 17.3. The second kappa shape index (κ2) is 8.44. The molecule has 5 rings (SSSR count). The minimum atomic E-state index is -0.457. The van der Waals surface area contributed by atoms with Crippen molar-refractivity contribution in [2.75, 3.05) is 23.8 Å². The van der Waals surface area contributed by atoms with Crippen molar-refractivity contribution in [1.29, 1.82) is 0 Å². The van der Waals surface area contributed by atoms with E-state index in [4.69, 9.17) is 26.3 Å². The number of nitrogens with one attached hydrogen (secondary N) is 2. The van der Waals surface area contributed by atoms with Crippen LogP contribution in [0.25, 0.3) is 16.5 Å². The van der Waals surface area contributed by atoms with Gasteiger partial charge in [-0.15, -0.1) is 0 Å². The summed E-state index contributed by atoms with van der Waals surface area (Å²) in [6, 6.07) is 11.0. The molecular formula is C24H24ClFN4O. The maximum Gasteiger partial charge on any atom is 0.229 e. The molecule has 2 heterocycles. The number of anilines is 3. The third kappa shape index (κ3) is 4.36. The van der Waals surface area contributed by atoms with Crippen molar-refractivity contribution in [2.45, 2.75) is 32.2 Å². The molecule has 0 spiro atoms. The molecule has 5 nitrogen and oxygen atoms in total. The Morgan fingerprint density at radius 3 is 2.81 bits per heavy atom. The number of halogens is 2. The van der Waals surface area contributed by atoms with E-state index in [2.05, 4.69) is 41.8 Å². The molecule has 1 fully saturated rings. The molecule has 0 saturated heterocycles. The second-order valence-corrected chi connectivity index (χ2v) is 8.58. The lowest BCUT2D eigenvalue weighted by Gasteiger charge is -2.19. The number of ether oxygens (including phenoxy) is 1. The topological polar surface area (TPSA) is 59.1 Å². The van der Waals surface area contributed by atoms with Gasteiger partial charge >= 0.3 is 0 Å². The fraction of sp³-hybridized carbons (Fsp3) is 0.333. The summed E-state index contributed by atoms with van der Waals surface area (Å²) in [5.41, 5.74) is 3.83. The molecule has 2 aliphatic rings. The van der Waals surface area contributed by atoms with Crippen molar-refractivity contribution in [3.8, 4) is 0 Å². The number of para-hydroxylation sites is 1. The van der Waals surface area contributed by atoms with Crippen molar-refractivity contribution < 1.29 is 9.13 Å². The quantitative estimate of drug-likeness (QED) is 0.481. The van der Waals surface area contributed by atoms with Crippen LogP contribution in [0.2, 0.25) is 5.02 Å². The van der Waals surface area contributed by atoms with E-state index in [9.17, 15) is 4.39 Å². The Labute approximate surface area is 185 Å². The minimum absolute atomic E-state index is 0.0551. The fourth-order valence-electron chi connectivity index (χ4n) is 3.98. The van der Waals surface area contributed by atoms with Crippen LogP contribution in [0.4, 0.5) is 21.8 Å². The van der Waals surface area contributed by atoms with Crippen LogP contribution in [-0.4, -0.2) is 29.2 Å². The summed E-state index contributed by atoms with van der Waals surface area (Å²) in [4.78, 5) is 9.62. The summed E-state index contributed by atoms with van der Waals surface area (Å²) in [6.45, 7) is 3.51. The zero-order valence-corrected chi connectivity index (χ0v) is 18.0. The van der Waals surface area contributed by atoms with Crippen LogP contribution in [0.3, 0.4) is 0 Å². The lowest BCUT2D eigenvalue weighted by atomic mass is 9.98. The number of hydrogen-bond acceptors (Lipinski definition) is 5. The van der Waals surface area contributed by atoms with Gasteiger partial charge in [0.1, 0.15) is 11.6 Å². The molecule has 1 saturated carbocycles. The Kier molecular flexibility index (Phi) is 5.50. The molecule has 160 valence electrons. The Morgan fingerprint density at radius 2 is 2.06 bits per heavy atom. The van der Waals surface area contributed by atoms with E-state index in [0.717, 1.165) is 28.7 Å². The first-order valence-corrected chi connectivity index (χ1v) is 11.0. The van der Waals surface area contributed by atoms with Crippen LogP contribution in [0.5, 0.6) is 0 Å². The van der Waals surface area contributed by atoms with Gasteiger partial charge in [-0.3, -0.25) is 0 Å². The van der Waals surface area contributed by atoms with Gasteiger partial charge in [0.15, 0.2) is 0 Å². The third-order valence-electron chi connectivity index (χ3n) is 5.91. The first kappa shape index (κ1) is 20.2. The molecule has 0 amide bonds. The lowest BCUT2D eigenvalue weighted by Crippen LogP contribution is -2.19. The zero-order valence-electron chi connectivity index (χ0n) is 17.3. The molecule has 1 atom stereocenters. The van der Waals surface area contributed by atoms with Crippen LogP contribution in [-0.2, 0) is 4.74 Å². The van der Waals surface area contributed by atoms with Gasteiger partial charge in [-0.1, -0.05) is 29.8 Å². The molecule has 0 bridgehead atoms. The highest BCUT2D eigenvalue weighted by Gasteiger charge is 2.28. The number of benzene rings is 2. The maximum atomic E-state index is 13.6. The van der Waals surface area contributed by atoms with Crippen LogP contribution in [0, 0.1) is 11.7 Å². The monoisotopic (exact) mass is 438 g/mol. The number of aromatic nitrogens is 2. The predicted molar refractivity (Wildman–Crippen MR) is 123 cm³/mol. The summed E-state index contributed by atoms with van der Waals surface area (Å²) in [7, 11) is 0. The van der Waals surface area contributed by atoms with Crippen LogP contribution >= 0.6 is 11.6 Å². The van der Waals surface area contributed by atoms with Gasteiger partial charge in [-0.25, -0.2) is 9.37 Å². The van der Waals surface area contributed by atoms with Crippen molar-refractivity contribution in [3.63, 3.8) is 0 Å². The SMILES string of the molecule is CC(Nc1nc(Nc2ccc(F)c(Cl)c2)nc2c(C3=CCOCC3)cccc12)C1CC1. The predicted octanol–water partition coefficient (Wildman–Crippen LogP) is 6.18. The molecular weight excluding hydrogens is 415 g/mol. The third-order valence-corrected chi connectivity index (χ3v) is 6.19. The highest BCUT2D eigenvalue weighted by molar-refractivity contribution is 6.31. The van der Waals surface area contributed by atoms with Crippen LogP contribution in [0.15, 0.2) is 42.5 Å². The smallest absolute Gasteiger partial charge is 0.229 e. The average molecular weight is 439 g/mol. The Hall–Kier alpha value is -2.70. The molecule has 0 radical (unpaired) electrons. The van der Waals surface area contributed by atoms with Crippen molar-refractivity contribution in [1.82, 2.24) is 9.97 Å². The van der Waals surface area contributed by atoms with E-state index in [1.165, 1.54) is 30.5 Å². The number of fused-ring (bicyclic) bond motifs is 1. The Balaban J connectivity index is 1.60. The molecule has 2 aromatic carbocycles. The first-order chi connectivity index (χ1) is 15.1. The van der Waals surface area contributed by atoms with E-state index in [1.54, 1.807) is 6.07 Å². The zero-order chi connectivity index (χ0) is 21.4. The van der Waals surface area contributed by atoms with Crippen molar-refractivity contribution in [3.05, 3.63) is 58.9 Å². The van der Waals surface area contributed by atoms with Gasteiger partial charge in [-0.2, -0.15) is 4.98 Å². The van der Waals surface area contributed by atoms with E-state index in [0.29, 0.717) is 36.8 Å². The Bertz CT molecular complexity index is 1160. The summed E-state index contributed by atoms with van der Waals surface area (Å²) in [6.07, 6.45) is 5.46. The Morgan fingerprint density at radius 1 is 1.19 bits per heavy atom. The standard InChI is InChI=1S/C24H24ClFN4O/c1-14(15-5-6-15)27-23-19-4-2-3-18(16-9-11-31-12-10-16)22(19)29-24(30-23)28-17-7-8-21(26)20(25)13-17/h2-4,7-9,13-15H,5-6,10-12H2,1H3,(H2,27,28,29,30). The van der Waals surface area contributed by atoms with E-state index >= 15 is 0 Å². The van der Waals surface area contributed by atoms with E-state index in [1.807, 2.05) is 0 Å². The summed E-state index contributed by atoms with van der Waals surface area (Å²) in [5, 5.41) is 7.84. The molecule has 2 N–H and O–H groups in total. The molecule has 1 unspecified atom stereocenters.